The molecular formula is C22H30N2O2S. The highest BCUT2D eigenvalue weighted by molar-refractivity contribution is 7.99. The highest BCUT2D eigenvalue weighted by Gasteiger charge is 2.32. The standard InChI is InChI=1S/C22H30N2O2S/c1-14-9-8-12-18(15(14)2)24-20(26)16-10-6-7-11-17(16)23-21(24)27-13-19(25)22(3,4)5/h6-7,10-11,14-15,18H,8-9,12-13H2,1-5H3. The van der Waals surface area contributed by atoms with Crippen LogP contribution in [0.4, 0.5) is 0 Å². The van der Waals surface area contributed by atoms with Crippen molar-refractivity contribution in [3.05, 3.63) is 34.6 Å². The van der Waals surface area contributed by atoms with Crippen molar-refractivity contribution in [2.24, 2.45) is 17.3 Å². The van der Waals surface area contributed by atoms with Crippen LogP contribution >= 0.6 is 11.8 Å². The number of Topliss-reactive ketones (excluding diaryl/α,β-unsaturated/α-hetero) is 1. The predicted molar refractivity (Wildman–Crippen MR) is 112 cm³/mol. The van der Waals surface area contributed by atoms with Gasteiger partial charge in [-0.1, -0.05) is 71.4 Å². The Kier molecular flexibility index (Phi) is 5.80. The summed E-state index contributed by atoms with van der Waals surface area (Å²) in [5.41, 5.74) is 0.347. The van der Waals surface area contributed by atoms with Crippen molar-refractivity contribution in [1.82, 2.24) is 9.55 Å². The van der Waals surface area contributed by atoms with Crippen LogP contribution < -0.4 is 5.56 Å². The number of ketones is 1. The summed E-state index contributed by atoms with van der Waals surface area (Å²) in [4.78, 5) is 30.6. The molecule has 0 spiro atoms. The summed E-state index contributed by atoms with van der Waals surface area (Å²) in [5, 5.41) is 1.34. The molecule has 0 bridgehead atoms. The van der Waals surface area contributed by atoms with Gasteiger partial charge in [-0.25, -0.2) is 4.98 Å². The minimum absolute atomic E-state index is 0.0252. The van der Waals surface area contributed by atoms with Gasteiger partial charge in [0.05, 0.1) is 16.7 Å². The van der Waals surface area contributed by atoms with Gasteiger partial charge < -0.3 is 0 Å². The third-order valence-electron chi connectivity index (χ3n) is 5.94. The minimum Gasteiger partial charge on any atom is -0.298 e. The van der Waals surface area contributed by atoms with Gasteiger partial charge >= 0.3 is 0 Å². The topological polar surface area (TPSA) is 52.0 Å². The second-order valence-electron chi connectivity index (χ2n) is 8.88. The molecule has 4 nitrogen and oxygen atoms in total. The molecule has 146 valence electrons. The molecule has 1 saturated carbocycles. The fourth-order valence-corrected chi connectivity index (χ4v) is 5.00. The molecule has 1 aliphatic rings. The number of hydrogen-bond donors (Lipinski definition) is 0. The lowest BCUT2D eigenvalue weighted by atomic mass is 9.78. The van der Waals surface area contributed by atoms with Crippen molar-refractivity contribution in [2.45, 2.75) is 65.1 Å². The van der Waals surface area contributed by atoms with Crippen molar-refractivity contribution in [1.29, 1.82) is 0 Å². The molecule has 0 radical (unpaired) electrons. The fraction of sp³-hybridized carbons (Fsp3) is 0.591. The molecule has 1 fully saturated rings. The molecule has 5 heteroatoms. The van der Waals surface area contributed by atoms with Gasteiger partial charge in [0, 0.05) is 11.5 Å². The number of fused-ring (bicyclic) bond motifs is 1. The van der Waals surface area contributed by atoms with Gasteiger partial charge in [0.2, 0.25) is 0 Å². The van der Waals surface area contributed by atoms with E-state index in [1.165, 1.54) is 18.2 Å². The summed E-state index contributed by atoms with van der Waals surface area (Å²) < 4.78 is 1.89. The highest BCUT2D eigenvalue weighted by atomic mass is 32.2. The van der Waals surface area contributed by atoms with Crippen LogP contribution in [0.15, 0.2) is 34.2 Å². The molecule has 1 aromatic carbocycles. The molecule has 1 aromatic heterocycles. The number of nitrogens with zero attached hydrogens (tertiary/aromatic N) is 2. The summed E-state index contributed by atoms with van der Waals surface area (Å²) >= 11 is 1.41. The Morgan fingerprint density at radius 1 is 1.22 bits per heavy atom. The summed E-state index contributed by atoms with van der Waals surface area (Å²) in [7, 11) is 0. The maximum absolute atomic E-state index is 13.4. The smallest absolute Gasteiger partial charge is 0.262 e. The summed E-state index contributed by atoms with van der Waals surface area (Å²) in [6.45, 7) is 10.3. The van der Waals surface area contributed by atoms with E-state index in [0.717, 1.165) is 12.8 Å². The van der Waals surface area contributed by atoms with E-state index in [4.69, 9.17) is 4.98 Å². The van der Waals surface area contributed by atoms with Gasteiger partial charge in [-0.15, -0.1) is 0 Å². The first-order chi connectivity index (χ1) is 12.7. The van der Waals surface area contributed by atoms with Crippen LogP contribution in [-0.2, 0) is 4.79 Å². The van der Waals surface area contributed by atoms with Crippen molar-refractivity contribution >= 4 is 28.4 Å². The number of para-hydroxylation sites is 1. The molecule has 0 N–H and O–H groups in total. The van der Waals surface area contributed by atoms with Crippen molar-refractivity contribution in [2.75, 3.05) is 5.75 Å². The van der Waals surface area contributed by atoms with Gasteiger partial charge in [-0.05, 0) is 30.4 Å². The second-order valence-corrected chi connectivity index (χ2v) is 9.83. The maximum atomic E-state index is 13.4. The Labute approximate surface area is 165 Å². The molecule has 1 aliphatic carbocycles. The molecule has 27 heavy (non-hydrogen) atoms. The zero-order chi connectivity index (χ0) is 19.8. The van der Waals surface area contributed by atoms with E-state index >= 15 is 0 Å². The molecule has 3 rings (SSSR count). The van der Waals surface area contributed by atoms with Crippen molar-refractivity contribution in [3.63, 3.8) is 0 Å². The van der Waals surface area contributed by atoms with E-state index in [9.17, 15) is 9.59 Å². The lowest BCUT2D eigenvalue weighted by Gasteiger charge is -2.36. The van der Waals surface area contributed by atoms with Crippen LogP contribution in [-0.4, -0.2) is 21.1 Å². The van der Waals surface area contributed by atoms with E-state index in [-0.39, 0.29) is 22.8 Å². The first-order valence-electron chi connectivity index (χ1n) is 9.87. The van der Waals surface area contributed by atoms with Crippen LogP contribution in [0.3, 0.4) is 0 Å². The Balaban J connectivity index is 2.07. The van der Waals surface area contributed by atoms with E-state index in [0.29, 0.717) is 33.6 Å². The Morgan fingerprint density at radius 3 is 2.63 bits per heavy atom. The lowest BCUT2D eigenvalue weighted by Crippen LogP contribution is -2.35. The van der Waals surface area contributed by atoms with E-state index in [1.54, 1.807) is 0 Å². The molecular weight excluding hydrogens is 356 g/mol. The number of hydrogen-bond acceptors (Lipinski definition) is 4. The molecule has 2 aromatic rings. The van der Waals surface area contributed by atoms with Gasteiger partial charge in [0.1, 0.15) is 5.78 Å². The second kappa shape index (κ2) is 7.78. The molecule has 0 aliphatic heterocycles. The first-order valence-corrected chi connectivity index (χ1v) is 10.9. The van der Waals surface area contributed by atoms with Crippen LogP contribution in [0.5, 0.6) is 0 Å². The van der Waals surface area contributed by atoms with Gasteiger partial charge in [-0.2, -0.15) is 0 Å². The van der Waals surface area contributed by atoms with Crippen molar-refractivity contribution < 1.29 is 4.79 Å². The average molecular weight is 387 g/mol. The van der Waals surface area contributed by atoms with E-state index in [1.807, 2.05) is 49.6 Å². The monoisotopic (exact) mass is 386 g/mol. The van der Waals surface area contributed by atoms with E-state index < -0.39 is 0 Å². The van der Waals surface area contributed by atoms with Gasteiger partial charge in [0.15, 0.2) is 5.16 Å². The number of thioether (sulfide) groups is 1. The largest absolute Gasteiger partial charge is 0.298 e. The molecule has 0 amide bonds. The lowest BCUT2D eigenvalue weighted by molar-refractivity contribution is -0.123. The Morgan fingerprint density at radius 2 is 1.93 bits per heavy atom. The highest BCUT2D eigenvalue weighted by Crippen LogP contribution is 2.39. The maximum Gasteiger partial charge on any atom is 0.262 e. The number of carbonyl (C=O) groups is 1. The minimum atomic E-state index is -0.387. The zero-order valence-electron chi connectivity index (χ0n) is 17.0. The zero-order valence-corrected chi connectivity index (χ0v) is 17.8. The van der Waals surface area contributed by atoms with Gasteiger partial charge in [0.25, 0.3) is 5.56 Å². The Hall–Kier alpha value is -1.62. The average Bonchev–Trinajstić information content (AvgIpc) is 2.62. The third kappa shape index (κ3) is 4.13. The first kappa shape index (κ1) is 20.1. The van der Waals surface area contributed by atoms with E-state index in [2.05, 4.69) is 13.8 Å². The summed E-state index contributed by atoms with van der Waals surface area (Å²) in [6, 6.07) is 7.67. The van der Waals surface area contributed by atoms with Crippen LogP contribution in [0.2, 0.25) is 0 Å². The van der Waals surface area contributed by atoms with Crippen molar-refractivity contribution in [3.8, 4) is 0 Å². The quantitative estimate of drug-likeness (QED) is 0.542. The SMILES string of the molecule is CC1CCCC(n2c(SCC(=O)C(C)(C)C)nc3ccccc3c2=O)C1C. The number of rotatable bonds is 4. The van der Waals surface area contributed by atoms with Crippen LogP contribution in [0.25, 0.3) is 10.9 Å². The molecule has 0 saturated heterocycles. The normalized spacial score (nSPS) is 23.5. The summed E-state index contributed by atoms with van der Waals surface area (Å²) in [5.74, 6) is 1.50. The molecule has 1 heterocycles. The predicted octanol–water partition coefficient (Wildman–Crippen LogP) is 5.10. The molecule has 3 atom stereocenters. The molecule has 3 unspecified atom stereocenters. The van der Waals surface area contributed by atoms with Crippen LogP contribution in [0.1, 0.15) is 59.9 Å². The summed E-state index contributed by atoms with van der Waals surface area (Å²) in [6.07, 6.45) is 3.32. The van der Waals surface area contributed by atoms with Crippen LogP contribution in [0, 0.1) is 17.3 Å². The Bertz CT molecular complexity index is 897. The number of benzene rings is 1. The van der Waals surface area contributed by atoms with Gasteiger partial charge in [-0.3, -0.25) is 14.2 Å². The number of aromatic nitrogens is 2. The number of carbonyl (C=O) groups excluding carboxylic acids is 1. The third-order valence-corrected chi connectivity index (χ3v) is 6.89. The fourth-order valence-electron chi connectivity index (χ4n) is 3.78.